The molecule has 0 amide bonds. The molecule has 0 aliphatic heterocycles. The Morgan fingerprint density at radius 2 is 1.88 bits per heavy atom. The fraction of sp³-hybridized carbons (Fsp3) is 0.889. The van der Waals surface area contributed by atoms with Crippen LogP contribution in [0, 0.1) is 11.3 Å². The van der Waals surface area contributed by atoms with Crippen molar-refractivity contribution in [2.24, 2.45) is 0 Å². The molecule has 0 rings (SSSR count). The van der Waals surface area contributed by atoms with E-state index in [0.717, 1.165) is 0 Å². The van der Waals surface area contributed by atoms with Crippen molar-refractivity contribution in [2.75, 3.05) is 6.54 Å². The summed E-state index contributed by atoms with van der Waals surface area (Å²) in [7, 11) is -1.88. The molecule has 94 valence electrons. The third-order valence-corrected chi connectivity index (χ3v) is 3.30. The lowest BCUT2D eigenvalue weighted by molar-refractivity contribution is -0.0130. The van der Waals surface area contributed by atoms with Gasteiger partial charge >= 0.3 is 0 Å². The topological polar surface area (TPSA) is 59.7 Å². The summed E-state index contributed by atoms with van der Waals surface area (Å²) in [5.74, 6) is 0. The van der Waals surface area contributed by atoms with Gasteiger partial charge in [0.15, 0.2) is 0 Å². The van der Waals surface area contributed by atoms with Crippen molar-refractivity contribution < 1.29 is 8.97 Å². The van der Waals surface area contributed by atoms with Crippen molar-refractivity contribution in [2.45, 2.75) is 46.2 Å². The van der Waals surface area contributed by atoms with Gasteiger partial charge in [0.05, 0.1) is 17.9 Å². The Balaban J connectivity index is 4.75. The molecule has 0 fully saturated rings. The Morgan fingerprint density at radius 1 is 1.38 bits per heavy atom. The molecule has 0 heterocycles. The number of nitriles is 1. The van der Waals surface area contributed by atoms with E-state index in [1.165, 1.54) is 0 Å². The van der Waals surface area contributed by atoms with Crippen molar-refractivity contribution >= 4 is 20.4 Å². The van der Waals surface area contributed by atoms with Gasteiger partial charge in [-0.05, 0) is 27.7 Å². The third kappa shape index (κ3) is 4.92. The minimum atomic E-state index is -1.88. The molecule has 0 aromatic carbocycles. The van der Waals surface area contributed by atoms with Crippen LogP contribution in [0.1, 0.15) is 34.1 Å². The van der Waals surface area contributed by atoms with Gasteiger partial charge in [0.2, 0.25) is 0 Å². The second-order valence-electron chi connectivity index (χ2n) is 3.89. The molecule has 0 bridgehead atoms. The molecule has 5 nitrogen and oxygen atoms in total. The zero-order valence-corrected chi connectivity index (χ0v) is 11.7. The molecule has 0 aromatic rings. The predicted octanol–water partition coefficient (Wildman–Crippen LogP) is 2.63. The van der Waals surface area contributed by atoms with E-state index in [1.54, 1.807) is 4.78 Å². The molecule has 1 unspecified atom stereocenters. The summed E-state index contributed by atoms with van der Waals surface area (Å²) < 4.78 is 6.08. The molecule has 1 N–H and O–H groups in total. The summed E-state index contributed by atoms with van der Waals surface area (Å²) >= 11 is 5.21. The highest BCUT2D eigenvalue weighted by atomic mass is 35.5. The molecule has 1 atom stereocenters. The van der Waals surface area contributed by atoms with E-state index in [2.05, 4.69) is 4.08 Å². The summed E-state index contributed by atoms with van der Waals surface area (Å²) in [5, 5.41) is 10.5. The van der Waals surface area contributed by atoms with Crippen LogP contribution in [0.5, 0.6) is 0 Å². The normalized spacial score (nSPS) is 13.8. The lowest BCUT2D eigenvalue weighted by Crippen LogP contribution is -2.48. The summed E-state index contributed by atoms with van der Waals surface area (Å²) in [6, 6.07) is 2.44. The molecular weight excluding hydrogens is 249 g/mol. The highest BCUT2D eigenvalue weighted by Gasteiger charge is 2.28. The molecule has 0 saturated carbocycles. The average Bonchev–Trinajstić information content (AvgIpc) is 2.21. The second kappa shape index (κ2) is 8.19. The highest BCUT2D eigenvalue weighted by Crippen LogP contribution is 2.40. The van der Waals surface area contributed by atoms with Crippen molar-refractivity contribution in [1.29, 1.82) is 5.26 Å². The van der Waals surface area contributed by atoms with Gasteiger partial charge < -0.3 is 4.89 Å². The van der Waals surface area contributed by atoms with E-state index in [1.807, 2.05) is 38.8 Å². The second-order valence-corrected chi connectivity index (χ2v) is 5.41. The van der Waals surface area contributed by atoms with E-state index < -0.39 is 8.53 Å². The minimum absolute atomic E-state index is 0.197. The van der Waals surface area contributed by atoms with Gasteiger partial charge in [0.25, 0.3) is 8.53 Å². The Hall–Kier alpha value is 0.0500. The van der Waals surface area contributed by atoms with E-state index in [4.69, 9.17) is 17.1 Å². The number of hydrazine groups is 1. The molecule has 0 spiro atoms. The molecule has 0 aromatic heterocycles. The summed E-state index contributed by atoms with van der Waals surface area (Å²) in [5.41, 5.74) is 0. The monoisotopic (exact) mass is 267 g/mol. The predicted molar refractivity (Wildman–Crippen MR) is 65.1 cm³/mol. The van der Waals surface area contributed by atoms with Crippen LogP contribution < -0.4 is 0 Å². The maximum Gasteiger partial charge on any atom is 0.288 e. The molecule has 7 heteroatoms. The summed E-state index contributed by atoms with van der Waals surface area (Å²) in [6.07, 6.45) is 0.315. The molecule has 0 radical (unpaired) electrons. The number of hydrogen-bond donors (Lipinski definition) is 1. The first-order valence-electron chi connectivity index (χ1n) is 5.16. The van der Waals surface area contributed by atoms with Crippen molar-refractivity contribution in [1.82, 2.24) is 9.79 Å². The van der Waals surface area contributed by atoms with Crippen LogP contribution in [0.25, 0.3) is 0 Å². The third-order valence-electron chi connectivity index (χ3n) is 2.01. The largest absolute Gasteiger partial charge is 0.336 e. The fourth-order valence-electron chi connectivity index (χ4n) is 1.60. The van der Waals surface area contributed by atoms with Gasteiger partial charge in [-0.3, -0.25) is 0 Å². The molecular formula is C9H19ClN3O2P. The number of rotatable bonds is 7. The number of nitrogens with zero attached hydrogens (tertiary/aromatic N) is 3. The first kappa shape index (κ1) is 16.1. The Morgan fingerprint density at radius 3 is 2.19 bits per heavy atom. The van der Waals surface area contributed by atoms with Crippen LogP contribution in [0.15, 0.2) is 0 Å². The number of halogens is 1. The Bertz CT molecular complexity index is 227. The van der Waals surface area contributed by atoms with Gasteiger partial charge in [-0.2, -0.15) is 10.0 Å². The van der Waals surface area contributed by atoms with Crippen LogP contribution >= 0.6 is 20.4 Å². The Kier molecular flexibility index (Phi) is 8.21. The zero-order valence-electron chi connectivity index (χ0n) is 10.1. The van der Waals surface area contributed by atoms with Gasteiger partial charge in [-0.15, -0.1) is 0 Å². The van der Waals surface area contributed by atoms with Gasteiger partial charge in [-0.1, -0.05) is 0 Å². The molecule has 16 heavy (non-hydrogen) atoms. The van der Waals surface area contributed by atoms with Crippen LogP contribution in [0.2, 0.25) is 0 Å². The summed E-state index contributed by atoms with van der Waals surface area (Å²) in [6.45, 7) is 8.45. The van der Waals surface area contributed by atoms with Gasteiger partial charge in [0, 0.05) is 25.0 Å². The lowest BCUT2D eigenvalue weighted by Gasteiger charge is -2.40. The van der Waals surface area contributed by atoms with E-state index in [-0.39, 0.29) is 12.1 Å². The van der Waals surface area contributed by atoms with Crippen molar-refractivity contribution in [3.05, 3.63) is 0 Å². The summed E-state index contributed by atoms with van der Waals surface area (Å²) in [4.78, 5) is 9.70. The van der Waals surface area contributed by atoms with E-state index in [0.29, 0.717) is 13.0 Å². The van der Waals surface area contributed by atoms with Gasteiger partial charge in [0.1, 0.15) is 0 Å². The molecule has 0 saturated heterocycles. The lowest BCUT2D eigenvalue weighted by atomic mass is 10.3. The van der Waals surface area contributed by atoms with Gasteiger partial charge in [-0.25, -0.2) is 9.09 Å². The zero-order chi connectivity index (χ0) is 12.7. The van der Waals surface area contributed by atoms with E-state index in [9.17, 15) is 4.89 Å². The highest BCUT2D eigenvalue weighted by molar-refractivity contribution is 7.44. The van der Waals surface area contributed by atoms with Crippen molar-refractivity contribution in [3.63, 3.8) is 0 Å². The van der Waals surface area contributed by atoms with Crippen LogP contribution in [-0.4, -0.2) is 33.3 Å². The van der Waals surface area contributed by atoms with Crippen molar-refractivity contribution in [3.8, 4) is 6.07 Å². The van der Waals surface area contributed by atoms with Crippen LogP contribution in [0.3, 0.4) is 0 Å². The Labute approximate surface area is 104 Å². The minimum Gasteiger partial charge on any atom is -0.336 e. The quantitative estimate of drug-likeness (QED) is 0.568. The van der Waals surface area contributed by atoms with Crippen LogP contribution in [-0.2, 0) is 4.08 Å². The van der Waals surface area contributed by atoms with Crippen LogP contribution in [0.4, 0.5) is 0 Å². The first-order chi connectivity index (χ1) is 7.45. The van der Waals surface area contributed by atoms with E-state index >= 15 is 0 Å². The smallest absolute Gasteiger partial charge is 0.288 e. The molecule has 0 aliphatic carbocycles. The number of hydrogen-bond acceptors (Lipinski definition) is 5. The molecule has 0 aliphatic rings. The standard InChI is InChI=1S/C9H19ClN3O2P/c1-8(2)13(9(3)4)12(7-5-6-11)16(14)15-10/h8-9,14H,5,7H2,1-4H3. The fourth-order valence-corrected chi connectivity index (χ4v) is 2.75. The maximum absolute atomic E-state index is 9.70. The maximum atomic E-state index is 9.70. The average molecular weight is 268 g/mol. The SMILES string of the molecule is CC(C)N(C(C)C)N(CCC#N)P(O)OCl. The first-order valence-corrected chi connectivity index (χ1v) is 6.63.